The van der Waals surface area contributed by atoms with Crippen LogP contribution in [-0.2, 0) is 4.74 Å². The second-order valence-electron chi connectivity index (χ2n) is 2.38. The Morgan fingerprint density at radius 2 is 2.17 bits per heavy atom. The lowest BCUT2D eigenvalue weighted by molar-refractivity contribution is 0.155. The van der Waals surface area contributed by atoms with E-state index in [1.807, 2.05) is 19.9 Å². The van der Waals surface area contributed by atoms with Gasteiger partial charge in [-0.25, -0.2) is 0 Å². The van der Waals surface area contributed by atoms with E-state index < -0.39 is 0 Å². The molecule has 3 heteroatoms. The number of aliphatic hydroxyl groups excluding tert-OH is 1. The molecule has 0 radical (unpaired) electrons. The molecule has 0 amide bonds. The van der Waals surface area contributed by atoms with Crippen LogP contribution in [0, 0.1) is 5.41 Å². The molecule has 0 aliphatic heterocycles. The number of hydrogen-bond donors (Lipinski definition) is 2. The Balaban J connectivity index is 4.04. The zero-order chi connectivity index (χ0) is 9.40. The standard InChI is InChI=1S/C9H17NO2/c1-3-5-9(8(10)4-2)12-7-6-11/h5,10-11H,3-4,6-7H2,1-2H3/b9-5+,10-8?. The largest absolute Gasteiger partial charge is 0.490 e. The summed E-state index contributed by atoms with van der Waals surface area (Å²) in [7, 11) is 0. The Kier molecular flexibility index (Phi) is 6.38. The second kappa shape index (κ2) is 6.85. The van der Waals surface area contributed by atoms with Crippen molar-refractivity contribution in [1.82, 2.24) is 0 Å². The van der Waals surface area contributed by atoms with Crippen LogP contribution in [0.1, 0.15) is 26.7 Å². The Hall–Kier alpha value is -0.830. The van der Waals surface area contributed by atoms with Crippen molar-refractivity contribution in [2.75, 3.05) is 13.2 Å². The van der Waals surface area contributed by atoms with Crippen molar-refractivity contribution in [2.45, 2.75) is 26.7 Å². The van der Waals surface area contributed by atoms with Gasteiger partial charge in [0.1, 0.15) is 12.4 Å². The zero-order valence-electron chi connectivity index (χ0n) is 7.76. The molecule has 0 fully saturated rings. The minimum absolute atomic E-state index is 0.00194. The van der Waals surface area contributed by atoms with Crippen LogP contribution in [0.2, 0.25) is 0 Å². The molecule has 0 spiro atoms. The van der Waals surface area contributed by atoms with Crippen LogP contribution in [0.15, 0.2) is 11.8 Å². The highest BCUT2D eigenvalue weighted by atomic mass is 16.5. The van der Waals surface area contributed by atoms with Crippen molar-refractivity contribution in [3.8, 4) is 0 Å². The highest BCUT2D eigenvalue weighted by molar-refractivity contribution is 5.95. The second-order valence-corrected chi connectivity index (χ2v) is 2.38. The molecule has 0 aliphatic rings. The van der Waals surface area contributed by atoms with Crippen molar-refractivity contribution >= 4 is 5.71 Å². The molecule has 0 aromatic carbocycles. The maximum Gasteiger partial charge on any atom is 0.136 e. The molecular weight excluding hydrogens is 154 g/mol. The molecular formula is C9H17NO2. The smallest absolute Gasteiger partial charge is 0.136 e. The summed E-state index contributed by atoms with van der Waals surface area (Å²) in [5.41, 5.74) is 0.491. The first-order valence-corrected chi connectivity index (χ1v) is 4.27. The molecule has 0 heterocycles. The molecule has 0 rings (SSSR count). The molecule has 0 bridgehead atoms. The normalized spacial score (nSPS) is 11.4. The molecule has 0 atom stereocenters. The van der Waals surface area contributed by atoms with E-state index in [-0.39, 0.29) is 13.2 Å². The van der Waals surface area contributed by atoms with E-state index in [0.717, 1.165) is 6.42 Å². The summed E-state index contributed by atoms with van der Waals surface area (Å²) in [6, 6.07) is 0. The quantitative estimate of drug-likeness (QED) is 0.472. The van der Waals surface area contributed by atoms with Gasteiger partial charge >= 0.3 is 0 Å². The van der Waals surface area contributed by atoms with E-state index in [4.69, 9.17) is 15.3 Å². The van der Waals surface area contributed by atoms with Crippen LogP contribution >= 0.6 is 0 Å². The Labute approximate surface area is 73.6 Å². The third-order valence-corrected chi connectivity index (χ3v) is 1.39. The summed E-state index contributed by atoms with van der Waals surface area (Å²) in [6.45, 7) is 4.17. The van der Waals surface area contributed by atoms with Gasteiger partial charge in [0.05, 0.1) is 12.3 Å². The van der Waals surface area contributed by atoms with E-state index in [1.165, 1.54) is 0 Å². The van der Waals surface area contributed by atoms with Crippen molar-refractivity contribution < 1.29 is 9.84 Å². The summed E-state index contributed by atoms with van der Waals surface area (Å²) >= 11 is 0. The monoisotopic (exact) mass is 171 g/mol. The predicted octanol–water partition coefficient (Wildman–Crippen LogP) is 1.72. The van der Waals surface area contributed by atoms with Gasteiger partial charge < -0.3 is 15.3 Å². The van der Waals surface area contributed by atoms with Crippen molar-refractivity contribution in [2.24, 2.45) is 0 Å². The maximum absolute atomic E-state index is 8.52. The van der Waals surface area contributed by atoms with E-state index in [9.17, 15) is 0 Å². The first-order chi connectivity index (χ1) is 5.76. The highest BCUT2D eigenvalue weighted by Gasteiger charge is 2.02. The van der Waals surface area contributed by atoms with Crippen molar-refractivity contribution in [3.63, 3.8) is 0 Å². The summed E-state index contributed by atoms with van der Waals surface area (Å²) < 4.78 is 5.17. The summed E-state index contributed by atoms with van der Waals surface area (Å²) in [6.07, 6.45) is 3.38. The first kappa shape index (κ1) is 11.2. The molecule has 12 heavy (non-hydrogen) atoms. The molecule has 70 valence electrons. The SMILES string of the molecule is CC/C=C(/OCCO)C(=N)CC. The third kappa shape index (κ3) is 4.13. The fraction of sp³-hybridized carbons (Fsp3) is 0.667. The van der Waals surface area contributed by atoms with Crippen LogP contribution < -0.4 is 0 Å². The molecule has 0 unspecified atom stereocenters. The van der Waals surface area contributed by atoms with Crippen LogP contribution in [0.3, 0.4) is 0 Å². The molecule has 0 aliphatic carbocycles. The molecule has 3 nitrogen and oxygen atoms in total. The molecule has 0 saturated carbocycles. The Morgan fingerprint density at radius 1 is 1.50 bits per heavy atom. The van der Waals surface area contributed by atoms with Crippen LogP contribution in [0.25, 0.3) is 0 Å². The topological polar surface area (TPSA) is 53.3 Å². The zero-order valence-corrected chi connectivity index (χ0v) is 7.76. The third-order valence-electron chi connectivity index (χ3n) is 1.39. The summed E-state index contributed by atoms with van der Waals surface area (Å²) in [4.78, 5) is 0. The Morgan fingerprint density at radius 3 is 2.58 bits per heavy atom. The average molecular weight is 171 g/mol. The van der Waals surface area contributed by atoms with Gasteiger partial charge in [0.15, 0.2) is 0 Å². The molecule has 0 aromatic rings. The van der Waals surface area contributed by atoms with Crippen molar-refractivity contribution in [1.29, 1.82) is 5.41 Å². The number of nitrogens with one attached hydrogen (secondary N) is 1. The minimum atomic E-state index is -0.00194. The van der Waals surface area contributed by atoms with E-state index in [2.05, 4.69) is 0 Å². The number of ether oxygens (including phenoxy) is 1. The average Bonchev–Trinajstić information content (AvgIpc) is 2.11. The van der Waals surface area contributed by atoms with E-state index in [1.54, 1.807) is 0 Å². The van der Waals surface area contributed by atoms with Crippen molar-refractivity contribution in [3.05, 3.63) is 11.8 Å². The predicted molar refractivity (Wildman–Crippen MR) is 49.4 cm³/mol. The number of aliphatic hydroxyl groups is 1. The van der Waals surface area contributed by atoms with Gasteiger partial charge in [-0.3, -0.25) is 0 Å². The van der Waals surface area contributed by atoms with Gasteiger partial charge in [-0.15, -0.1) is 0 Å². The summed E-state index contributed by atoms with van der Waals surface area (Å²) in [5.74, 6) is 0.606. The van der Waals surface area contributed by atoms with Gasteiger partial charge in [0.2, 0.25) is 0 Å². The lowest BCUT2D eigenvalue weighted by atomic mass is 10.2. The Bertz CT molecular complexity index is 164. The first-order valence-electron chi connectivity index (χ1n) is 4.27. The van der Waals surface area contributed by atoms with Crippen LogP contribution in [-0.4, -0.2) is 24.0 Å². The fourth-order valence-corrected chi connectivity index (χ4v) is 0.784. The number of hydrogen-bond acceptors (Lipinski definition) is 3. The molecule has 2 N–H and O–H groups in total. The summed E-state index contributed by atoms with van der Waals surface area (Å²) in [5, 5.41) is 16.0. The van der Waals surface area contributed by atoms with Gasteiger partial charge in [-0.05, 0) is 18.9 Å². The molecule has 0 aromatic heterocycles. The van der Waals surface area contributed by atoms with E-state index in [0.29, 0.717) is 17.9 Å². The highest BCUT2D eigenvalue weighted by Crippen LogP contribution is 2.03. The van der Waals surface area contributed by atoms with Gasteiger partial charge in [0.25, 0.3) is 0 Å². The van der Waals surface area contributed by atoms with Gasteiger partial charge in [-0.1, -0.05) is 13.8 Å². The molecule has 0 saturated heterocycles. The van der Waals surface area contributed by atoms with Crippen LogP contribution in [0.5, 0.6) is 0 Å². The van der Waals surface area contributed by atoms with Crippen LogP contribution in [0.4, 0.5) is 0 Å². The van der Waals surface area contributed by atoms with Gasteiger partial charge in [0, 0.05) is 0 Å². The van der Waals surface area contributed by atoms with E-state index >= 15 is 0 Å². The maximum atomic E-state index is 8.52. The number of rotatable bonds is 6. The lowest BCUT2D eigenvalue weighted by Gasteiger charge is -2.08. The fourth-order valence-electron chi connectivity index (χ4n) is 0.784. The number of allylic oxidation sites excluding steroid dienone is 2. The minimum Gasteiger partial charge on any atom is -0.490 e. The van der Waals surface area contributed by atoms with Gasteiger partial charge in [-0.2, -0.15) is 0 Å². The lowest BCUT2D eigenvalue weighted by Crippen LogP contribution is -2.07.